The molecule has 0 saturated carbocycles. The Morgan fingerprint density at radius 1 is 1.30 bits per heavy atom. The minimum atomic E-state index is -0.332. The molecule has 0 radical (unpaired) electrons. The molecule has 0 bridgehead atoms. The Hall–Kier alpha value is -2.09. The maximum atomic E-state index is 12.2. The van der Waals surface area contributed by atoms with Crippen LogP contribution < -0.4 is 4.90 Å². The number of hydrogen-bond donors (Lipinski definition) is 0. The van der Waals surface area contributed by atoms with E-state index in [4.69, 9.17) is 5.26 Å². The zero-order valence-electron chi connectivity index (χ0n) is 12.3. The number of pyridine rings is 1. The zero-order valence-corrected chi connectivity index (χ0v) is 12.3. The fourth-order valence-electron chi connectivity index (χ4n) is 2.27. The number of rotatable bonds is 1. The molecule has 0 aromatic carbocycles. The van der Waals surface area contributed by atoms with Gasteiger partial charge in [0.2, 0.25) is 5.91 Å². The monoisotopic (exact) mass is 272 g/mol. The second-order valence-corrected chi connectivity index (χ2v) is 6.04. The Morgan fingerprint density at radius 3 is 2.50 bits per heavy atom. The van der Waals surface area contributed by atoms with Crippen LogP contribution in [0.15, 0.2) is 18.3 Å². The Kier molecular flexibility index (Phi) is 3.93. The van der Waals surface area contributed by atoms with Crippen molar-refractivity contribution in [3.63, 3.8) is 0 Å². The molecule has 106 valence electrons. The third-order valence-electron chi connectivity index (χ3n) is 3.41. The summed E-state index contributed by atoms with van der Waals surface area (Å²) in [6, 6.07) is 5.61. The largest absolute Gasteiger partial charge is 0.353 e. The van der Waals surface area contributed by atoms with E-state index in [1.165, 1.54) is 0 Å². The van der Waals surface area contributed by atoms with Crippen LogP contribution >= 0.6 is 0 Å². The highest BCUT2D eigenvalue weighted by molar-refractivity contribution is 5.81. The molecule has 0 unspecified atom stereocenters. The lowest BCUT2D eigenvalue weighted by molar-refractivity contribution is -0.139. The van der Waals surface area contributed by atoms with E-state index in [-0.39, 0.29) is 11.3 Å². The van der Waals surface area contributed by atoms with Gasteiger partial charge in [0.1, 0.15) is 5.82 Å². The number of carbonyl (C=O) groups is 1. The van der Waals surface area contributed by atoms with Crippen molar-refractivity contribution < 1.29 is 4.79 Å². The predicted molar refractivity (Wildman–Crippen MR) is 77.2 cm³/mol. The van der Waals surface area contributed by atoms with E-state index in [1.54, 1.807) is 18.3 Å². The molecule has 1 aromatic rings. The Balaban J connectivity index is 2.01. The maximum absolute atomic E-state index is 12.2. The van der Waals surface area contributed by atoms with Crippen LogP contribution in [0.1, 0.15) is 26.3 Å². The molecule has 0 atom stereocenters. The maximum Gasteiger partial charge on any atom is 0.228 e. The second-order valence-electron chi connectivity index (χ2n) is 6.04. The fraction of sp³-hybridized carbons (Fsp3) is 0.533. The number of piperazine rings is 1. The standard InChI is InChI=1S/C15H20N4O/c1-15(2,3)14(20)19-8-6-18(7-9-19)13-10-12(11-16)4-5-17-13/h4-5,10H,6-9H2,1-3H3. The number of carbonyl (C=O) groups excluding carboxylic acids is 1. The normalized spacial score (nSPS) is 15.9. The number of anilines is 1. The summed E-state index contributed by atoms with van der Waals surface area (Å²) in [7, 11) is 0. The number of nitrogens with zero attached hydrogens (tertiary/aromatic N) is 4. The summed E-state index contributed by atoms with van der Waals surface area (Å²) in [5, 5.41) is 8.92. The fourth-order valence-corrected chi connectivity index (χ4v) is 2.27. The highest BCUT2D eigenvalue weighted by atomic mass is 16.2. The highest BCUT2D eigenvalue weighted by Crippen LogP contribution is 2.20. The van der Waals surface area contributed by atoms with Crippen LogP contribution in [-0.4, -0.2) is 42.0 Å². The molecule has 1 amide bonds. The van der Waals surface area contributed by atoms with Gasteiger partial charge in [0.15, 0.2) is 0 Å². The topological polar surface area (TPSA) is 60.2 Å². The van der Waals surface area contributed by atoms with E-state index >= 15 is 0 Å². The van der Waals surface area contributed by atoms with Crippen molar-refractivity contribution in [1.82, 2.24) is 9.88 Å². The molecule has 0 spiro atoms. The lowest BCUT2D eigenvalue weighted by atomic mass is 9.94. The van der Waals surface area contributed by atoms with Gasteiger partial charge >= 0.3 is 0 Å². The summed E-state index contributed by atoms with van der Waals surface area (Å²) in [6.07, 6.45) is 1.65. The average Bonchev–Trinajstić information content (AvgIpc) is 2.46. The van der Waals surface area contributed by atoms with E-state index in [2.05, 4.69) is 16.0 Å². The summed E-state index contributed by atoms with van der Waals surface area (Å²) < 4.78 is 0. The summed E-state index contributed by atoms with van der Waals surface area (Å²) in [6.45, 7) is 8.75. The van der Waals surface area contributed by atoms with Crippen LogP contribution in [0.2, 0.25) is 0 Å². The smallest absolute Gasteiger partial charge is 0.228 e. The van der Waals surface area contributed by atoms with Gasteiger partial charge in [-0.25, -0.2) is 4.98 Å². The first kappa shape index (κ1) is 14.3. The molecular formula is C15H20N4O. The summed E-state index contributed by atoms with van der Waals surface area (Å²) in [4.78, 5) is 20.5. The van der Waals surface area contributed by atoms with E-state index in [0.29, 0.717) is 18.7 Å². The summed E-state index contributed by atoms with van der Waals surface area (Å²) in [5.41, 5.74) is 0.282. The van der Waals surface area contributed by atoms with Gasteiger partial charge in [0.25, 0.3) is 0 Å². The molecule has 1 fully saturated rings. The molecule has 1 aliphatic rings. The molecule has 20 heavy (non-hydrogen) atoms. The van der Waals surface area contributed by atoms with Gasteiger partial charge in [0.05, 0.1) is 11.6 Å². The molecule has 1 saturated heterocycles. The van der Waals surface area contributed by atoms with E-state index in [1.807, 2.05) is 25.7 Å². The van der Waals surface area contributed by atoms with Crippen molar-refractivity contribution in [2.45, 2.75) is 20.8 Å². The van der Waals surface area contributed by atoms with Crippen molar-refractivity contribution in [2.75, 3.05) is 31.1 Å². The number of nitriles is 1. The van der Waals surface area contributed by atoms with Crippen LogP contribution in [0.3, 0.4) is 0 Å². The second kappa shape index (κ2) is 5.49. The van der Waals surface area contributed by atoms with E-state index < -0.39 is 0 Å². The van der Waals surface area contributed by atoms with Gasteiger partial charge in [-0.1, -0.05) is 20.8 Å². The Bertz CT molecular complexity index is 534. The summed E-state index contributed by atoms with van der Waals surface area (Å²) in [5.74, 6) is 1.00. The summed E-state index contributed by atoms with van der Waals surface area (Å²) >= 11 is 0. The molecule has 5 heteroatoms. The zero-order chi connectivity index (χ0) is 14.8. The Morgan fingerprint density at radius 2 is 1.95 bits per heavy atom. The predicted octanol–water partition coefficient (Wildman–Crippen LogP) is 1.65. The number of amides is 1. The molecule has 5 nitrogen and oxygen atoms in total. The number of aromatic nitrogens is 1. The third kappa shape index (κ3) is 3.08. The van der Waals surface area contributed by atoms with Crippen LogP contribution in [0.25, 0.3) is 0 Å². The van der Waals surface area contributed by atoms with Gasteiger partial charge in [-0.2, -0.15) is 5.26 Å². The van der Waals surface area contributed by atoms with Gasteiger partial charge in [-0.3, -0.25) is 4.79 Å². The van der Waals surface area contributed by atoms with Crippen molar-refractivity contribution in [3.8, 4) is 6.07 Å². The van der Waals surface area contributed by atoms with E-state index in [9.17, 15) is 4.79 Å². The molecule has 0 aliphatic carbocycles. The SMILES string of the molecule is CC(C)(C)C(=O)N1CCN(c2cc(C#N)ccn2)CC1. The van der Waals surface area contributed by atoms with Crippen LogP contribution in [0.5, 0.6) is 0 Å². The third-order valence-corrected chi connectivity index (χ3v) is 3.41. The average molecular weight is 272 g/mol. The van der Waals surface area contributed by atoms with E-state index in [0.717, 1.165) is 18.9 Å². The number of hydrogen-bond acceptors (Lipinski definition) is 4. The minimum Gasteiger partial charge on any atom is -0.353 e. The minimum absolute atomic E-state index is 0.191. The first-order valence-electron chi connectivity index (χ1n) is 6.82. The van der Waals surface area contributed by atoms with Crippen LogP contribution in [0.4, 0.5) is 5.82 Å². The van der Waals surface area contributed by atoms with Gasteiger partial charge in [-0.15, -0.1) is 0 Å². The van der Waals surface area contributed by atoms with Crippen molar-refractivity contribution in [1.29, 1.82) is 5.26 Å². The molecule has 2 rings (SSSR count). The van der Waals surface area contributed by atoms with Crippen molar-refractivity contribution >= 4 is 11.7 Å². The van der Waals surface area contributed by atoms with Gasteiger partial charge < -0.3 is 9.80 Å². The lowest BCUT2D eigenvalue weighted by Crippen LogP contribution is -2.51. The molecular weight excluding hydrogens is 252 g/mol. The van der Waals surface area contributed by atoms with Crippen LogP contribution in [-0.2, 0) is 4.79 Å². The molecule has 2 heterocycles. The van der Waals surface area contributed by atoms with Crippen LogP contribution in [0, 0.1) is 16.7 Å². The quantitative estimate of drug-likeness (QED) is 0.780. The lowest BCUT2D eigenvalue weighted by Gasteiger charge is -2.38. The first-order chi connectivity index (χ1) is 9.41. The van der Waals surface area contributed by atoms with Gasteiger partial charge in [-0.05, 0) is 12.1 Å². The molecule has 1 aromatic heterocycles. The first-order valence-corrected chi connectivity index (χ1v) is 6.82. The highest BCUT2D eigenvalue weighted by Gasteiger charge is 2.29. The Labute approximate surface area is 119 Å². The van der Waals surface area contributed by atoms with Gasteiger partial charge in [0, 0.05) is 37.8 Å². The molecule has 0 N–H and O–H groups in total. The van der Waals surface area contributed by atoms with Crippen molar-refractivity contribution in [3.05, 3.63) is 23.9 Å². The molecule has 1 aliphatic heterocycles. The van der Waals surface area contributed by atoms with Crippen molar-refractivity contribution in [2.24, 2.45) is 5.41 Å².